The van der Waals surface area contributed by atoms with Crippen LogP contribution in [0.4, 0.5) is 4.39 Å². The number of nitrogens with zero attached hydrogens (tertiary/aromatic N) is 2. The summed E-state index contributed by atoms with van der Waals surface area (Å²) in [5.74, 6) is 0.273. The summed E-state index contributed by atoms with van der Waals surface area (Å²) in [6.07, 6.45) is 1.89. The van der Waals surface area contributed by atoms with Crippen molar-refractivity contribution in [3.05, 3.63) is 35.6 Å². The molecule has 126 valence electrons. The molecular weight excluding hydrogens is 293 g/mol. The Kier molecular flexibility index (Phi) is 5.28. The number of amides is 1. The van der Waals surface area contributed by atoms with Gasteiger partial charge in [-0.3, -0.25) is 4.79 Å². The van der Waals surface area contributed by atoms with E-state index < -0.39 is 0 Å². The van der Waals surface area contributed by atoms with Crippen molar-refractivity contribution in [2.45, 2.75) is 18.8 Å². The second-order valence-electron chi connectivity index (χ2n) is 6.79. The van der Waals surface area contributed by atoms with E-state index in [0.29, 0.717) is 0 Å². The molecule has 2 atom stereocenters. The average molecular weight is 319 g/mol. The van der Waals surface area contributed by atoms with Crippen molar-refractivity contribution in [3.8, 4) is 0 Å². The van der Waals surface area contributed by atoms with E-state index in [-0.39, 0.29) is 23.6 Å². The number of hydrogen-bond acceptors (Lipinski definition) is 3. The normalized spacial score (nSPS) is 25.3. The molecule has 3 rings (SSSR count). The van der Waals surface area contributed by atoms with E-state index in [1.54, 1.807) is 12.1 Å². The number of piperazine rings is 1. The summed E-state index contributed by atoms with van der Waals surface area (Å²) in [6.45, 7) is 6.32. The van der Waals surface area contributed by atoms with Crippen LogP contribution in [0.3, 0.4) is 0 Å². The number of benzene rings is 1. The van der Waals surface area contributed by atoms with E-state index in [4.69, 9.17) is 0 Å². The van der Waals surface area contributed by atoms with Crippen LogP contribution in [-0.2, 0) is 4.79 Å². The standard InChI is InChI=1S/C18H26FN3O/c1-21-9-11-22(12-10-21)8-2-7-20-18(23)17-13-16(17)14-3-5-15(19)6-4-14/h3-6,16-17H,2,7-13H2,1H3,(H,20,23). The molecule has 1 N–H and O–H groups in total. The van der Waals surface area contributed by atoms with Crippen molar-refractivity contribution in [2.24, 2.45) is 5.92 Å². The lowest BCUT2D eigenvalue weighted by Gasteiger charge is -2.32. The Labute approximate surface area is 137 Å². The molecule has 4 nitrogen and oxygen atoms in total. The van der Waals surface area contributed by atoms with E-state index in [1.165, 1.54) is 12.1 Å². The zero-order chi connectivity index (χ0) is 16.2. The maximum atomic E-state index is 12.9. The van der Waals surface area contributed by atoms with Gasteiger partial charge in [-0.2, -0.15) is 0 Å². The molecule has 1 aliphatic carbocycles. The van der Waals surface area contributed by atoms with Gasteiger partial charge in [-0.05, 0) is 50.0 Å². The molecule has 0 radical (unpaired) electrons. The lowest BCUT2D eigenvalue weighted by atomic mass is 10.1. The minimum Gasteiger partial charge on any atom is -0.356 e. The maximum absolute atomic E-state index is 12.9. The van der Waals surface area contributed by atoms with Crippen molar-refractivity contribution in [1.29, 1.82) is 0 Å². The Balaban J connectivity index is 1.32. The topological polar surface area (TPSA) is 35.6 Å². The van der Waals surface area contributed by atoms with Gasteiger partial charge in [0.25, 0.3) is 0 Å². The van der Waals surface area contributed by atoms with Gasteiger partial charge in [-0.1, -0.05) is 12.1 Å². The van der Waals surface area contributed by atoms with E-state index in [9.17, 15) is 9.18 Å². The summed E-state index contributed by atoms with van der Waals surface area (Å²) in [7, 11) is 2.16. The summed E-state index contributed by atoms with van der Waals surface area (Å²) < 4.78 is 12.9. The molecule has 0 aromatic heterocycles. The van der Waals surface area contributed by atoms with E-state index in [0.717, 1.165) is 57.7 Å². The van der Waals surface area contributed by atoms with Crippen molar-refractivity contribution in [3.63, 3.8) is 0 Å². The number of carbonyl (C=O) groups is 1. The van der Waals surface area contributed by atoms with Crippen LogP contribution in [0.15, 0.2) is 24.3 Å². The van der Waals surface area contributed by atoms with Crippen molar-refractivity contribution in [2.75, 3.05) is 46.3 Å². The molecule has 1 saturated heterocycles. The van der Waals surface area contributed by atoms with Crippen molar-refractivity contribution < 1.29 is 9.18 Å². The molecule has 1 amide bonds. The highest BCUT2D eigenvalue weighted by Crippen LogP contribution is 2.47. The predicted octanol–water partition coefficient (Wildman–Crippen LogP) is 1.68. The van der Waals surface area contributed by atoms with E-state index in [1.807, 2.05) is 0 Å². The van der Waals surface area contributed by atoms with Gasteiger partial charge in [0.05, 0.1) is 0 Å². The third-order valence-corrected chi connectivity index (χ3v) is 4.97. The molecule has 23 heavy (non-hydrogen) atoms. The largest absolute Gasteiger partial charge is 0.356 e. The third kappa shape index (κ3) is 4.52. The maximum Gasteiger partial charge on any atom is 0.223 e. The fourth-order valence-corrected chi connectivity index (χ4v) is 3.28. The molecule has 1 aromatic rings. The molecule has 5 heteroatoms. The fraction of sp³-hybridized carbons (Fsp3) is 0.611. The van der Waals surface area contributed by atoms with Gasteiger partial charge in [0.15, 0.2) is 0 Å². The third-order valence-electron chi connectivity index (χ3n) is 4.97. The minimum atomic E-state index is -0.223. The Bertz CT molecular complexity index is 526. The molecule has 1 heterocycles. The number of rotatable bonds is 6. The highest BCUT2D eigenvalue weighted by molar-refractivity contribution is 5.82. The van der Waals surface area contributed by atoms with Gasteiger partial charge in [-0.15, -0.1) is 0 Å². The zero-order valence-corrected chi connectivity index (χ0v) is 13.8. The number of likely N-dealkylation sites (N-methyl/N-ethyl adjacent to an activating group) is 1. The first kappa shape index (κ1) is 16.4. The predicted molar refractivity (Wildman–Crippen MR) is 88.8 cm³/mol. The summed E-state index contributed by atoms with van der Waals surface area (Å²) in [5, 5.41) is 3.05. The average Bonchev–Trinajstić information content (AvgIpc) is 3.34. The van der Waals surface area contributed by atoms with Gasteiger partial charge in [0, 0.05) is 38.6 Å². The highest BCUT2D eigenvalue weighted by atomic mass is 19.1. The monoisotopic (exact) mass is 319 g/mol. The zero-order valence-electron chi connectivity index (χ0n) is 13.8. The SMILES string of the molecule is CN1CCN(CCCNC(=O)C2CC2c2ccc(F)cc2)CC1. The lowest BCUT2D eigenvalue weighted by molar-refractivity contribution is -0.122. The quantitative estimate of drug-likeness (QED) is 0.811. The number of carbonyl (C=O) groups excluding carboxylic acids is 1. The van der Waals surface area contributed by atoms with Crippen LogP contribution in [0.1, 0.15) is 24.3 Å². The summed E-state index contributed by atoms with van der Waals surface area (Å²) in [6, 6.07) is 6.53. The van der Waals surface area contributed by atoms with Gasteiger partial charge in [0.2, 0.25) is 5.91 Å². The smallest absolute Gasteiger partial charge is 0.223 e. The molecule has 2 aliphatic rings. The molecular formula is C18H26FN3O. The van der Waals surface area contributed by atoms with Crippen molar-refractivity contribution in [1.82, 2.24) is 15.1 Å². The first-order chi connectivity index (χ1) is 11.1. The van der Waals surface area contributed by atoms with E-state index >= 15 is 0 Å². The Morgan fingerprint density at radius 3 is 2.61 bits per heavy atom. The Morgan fingerprint density at radius 1 is 1.22 bits per heavy atom. The van der Waals surface area contributed by atoms with Gasteiger partial charge < -0.3 is 15.1 Å². The molecule has 1 saturated carbocycles. The minimum absolute atomic E-state index is 0.0732. The summed E-state index contributed by atoms with van der Waals surface area (Å²) >= 11 is 0. The molecule has 2 unspecified atom stereocenters. The van der Waals surface area contributed by atoms with Crippen LogP contribution in [0.2, 0.25) is 0 Å². The molecule has 1 aromatic carbocycles. The van der Waals surface area contributed by atoms with Crippen LogP contribution in [-0.4, -0.2) is 62.0 Å². The fourth-order valence-electron chi connectivity index (χ4n) is 3.28. The van der Waals surface area contributed by atoms with E-state index in [2.05, 4.69) is 22.2 Å². The second kappa shape index (κ2) is 7.41. The van der Waals surface area contributed by atoms with Crippen LogP contribution >= 0.6 is 0 Å². The van der Waals surface area contributed by atoms with Crippen LogP contribution < -0.4 is 5.32 Å². The first-order valence-electron chi connectivity index (χ1n) is 8.57. The van der Waals surface area contributed by atoms with Crippen LogP contribution in [0.25, 0.3) is 0 Å². The number of hydrogen-bond donors (Lipinski definition) is 1. The summed E-state index contributed by atoms with van der Waals surface area (Å²) in [5.41, 5.74) is 1.07. The van der Waals surface area contributed by atoms with Crippen molar-refractivity contribution >= 4 is 5.91 Å². The lowest BCUT2D eigenvalue weighted by Crippen LogP contribution is -2.45. The molecule has 1 aliphatic heterocycles. The van der Waals surface area contributed by atoms with Gasteiger partial charge in [-0.25, -0.2) is 4.39 Å². The Hall–Kier alpha value is -1.46. The Morgan fingerprint density at radius 2 is 1.91 bits per heavy atom. The molecule has 0 bridgehead atoms. The first-order valence-corrected chi connectivity index (χ1v) is 8.57. The summed E-state index contributed by atoms with van der Waals surface area (Å²) in [4.78, 5) is 17.0. The van der Waals surface area contributed by atoms with Gasteiger partial charge in [0.1, 0.15) is 5.82 Å². The number of halogens is 1. The highest BCUT2D eigenvalue weighted by Gasteiger charge is 2.43. The number of nitrogens with one attached hydrogen (secondary N) is 1. The molecule has 0 spiro atoms. The second-order valence-corrected chi connectivity index (χ2v) is 6.79. The van der Waals surface area contributed by atoms with Gasteiger partial charge >= 0.3 is 0 Å². The molecule has 2 fully saturated rings. The van der Waals surface area contributed by atoms with Crippen LogP contribution in [0.5, 0.6) is 0 Å². The van der Waals surface area contributed by atoms with Crippen LogP contribution in [0, 0.1) is 11.7 Å².